The molecule has 1 heterocycles. The first-order valence-corrected chi connectivity index (χ1v) is 9.33. The fourth-order valence-corrected chi connectivity index (χ4v) is 4.48. The van der Waals surface area contributed by atoms with Crippen LogP contribution in [0.3, 0.4) is 0 Å². The van der Waals surface area contributed by atoms with Crippen molar-refractivity contribution < 1.29 is 18.7 Å². The zero-order chi connectivity index (χ0) is 18.6. The summed E-state index contributed by atoms with van der Waals surface area (Å²) in [6.45, 7) is 2.33. The predicted octanol–water partition coefficient (Wildman–Crippen LogP) is 2.15. The van der Waals surface area contributed by atoms with Crippen molar-refractivity contribution in [2.45, 2.75) is 32.1 Å². The molecule has 26 heavy (non-hydrogen) atoms. The number of carbonyl (C=O) groups excluding carboxylic acids is 2. The summed E-state index contributed by atoms with van der Waals surface area (Å²) >= 11 is 0. The van der Waals surface area contributed by atoms with Crippen LogP contribution in [0.5, 0.6) is 0 Å². The van der Waals surface area contributed by atoms with Crippen molar-refractivity contribution in [1.29, 1.82) is 0 Å². The molecule has 1 spiro atoms. The predicted molar refractivity (Wildman–Crippen MR) is 96.0 cm³/mol. The summed E-state index contributed by atoms with van der Waals surface area (Å²) in [5.74, 6) is -0.264. The summed E-state index contributed by atoms with van der Waals surface area (Å²) in [5, 5.41) is 2.96. The van der Waals surface area contributed by atoms with E-state index in [0.717, 1.165) is 25.7 Å². The Bertz CT molecular complexity index is 666. The molecule has 1 saturated heterocycles. The van der Waals surface area contributed by atoms with Crippen molar-refractivity contribution in [2.24, 2.45) is 11.3 Å². The van der Waals surface area contributed by atoms with Crippen LogP contribution < -0.4 is 5.32 Å². The molecule has 0 bridgehead atoms. The van der Waals surface area contributed by atoms with Gasteiger partial charge in [0.1, 0.15) is 5.82 Å². The van der Waals surface area contributed by atoms with E-state index in [1.54, 1.807) is 19.2 Å². The van der Waals surface area contributed by atoms with Crippen LogP contribution in [0.25, 0.3) is 0 Å². The molecule has 1 aliphatic heterocycles. The number of amides is 2. The Morgan fingerprint density at radius 3 is 3.00 bits per heavy atom. The van der Waals surface area contributed by atoms with Crippen molar-refractivity contribution in [3.8, 4) is 0 Å². The Kier molecular flexibility index (Phi) is 5.91. The van der Waals surface area contributed by atoms with Gasteiger partial charge in [0.15, 0.2) is 0 Å². The Hall–Kier alpha value is -1.95. The van der Waals surface area contributed by atoms with Crippen LogP contribution in [-0.4, -0.2) is 50.1 Å². The lowest BCUT2D eigenvalue weighted by molar-refractivity contribution is -0.132. The third-order valence-electron chi connectivity index (χ3n) is 5.81. The third-order valence-corrected chi connectivity index (χ3v) is 5.81. The van der Waals surface area contributed by atoms with E-state index in [4.69, 9.17) is 4.74 Å². The van der Waals surface area contributed by atoms with E-state index in [9.17, 15) is 14.0 Å². The Morgan fingerprint density at radius 1 is 1.38 bits per heavy atom. The van der Waals surface area contributed by atoms with E-state index in [2.05, 4.69) is 5.32 Å². The molecule has 2 amide bonds. The minimum Gasteiger partial charge on any atom is -0.383 e. The second-order valence-corrected chi connectivity index (χ2v) is 7.46. The summed E-state index contributed by atoms with van der Waals surface area (Å²) in [5.41, 5.74) is 0.589. The minimum atomic E-state index is -0.322. The lowest BCUT2D eigenvalue weighted by Gasteiger charge is -2.30. The average molecular weight is 362 g/mol. The van der Waals surface area contributed by atoms with E-state index in [1.807, 2.05) is 4.90 Å². The molecule has 0 aromatic heterocycles. The lowest BCUT2D eigenvalue weighted by atomic mass is 9.76. The molecule has 0 unspecified atom stereocenters. The van der Waals surface area contributed by atoms with Gasteiger partial charge in [0, 0.05) is 38.1 Å². The van der Waals surface area contributed by atoms with Gasteiger partial charge in [-0.25, -0.2) is 4.39 Å². The molecule has 1 saturated carbocycles. The van der Waals surface area contributed by atoms with Gasteiger partial charge >= 0.3 is 0 Å². The number of hydrogen-bond donors (Lipinski definition) is 1. The Balaban J connectivity index is 1.60. The molecular formula is C20H27FN2O3. The summed E-state index contributed by atoms with van der Waals surface area (Å²) in [6, 6.07) is 6.19. The number of hydrogen-bond acceptors (Lipinski definition) is 3. The number of nitrogens with one attached hydrogen (secondary N) is 1. The van der Waals surface area contributed by atoms with Crippen LogP contribution in [0.1, 0.15) is 31.2 Å². The number of ether oxygens (including phenoxy) is 1. The minimum absolute atomic E-state index is 0.0120. The number of halogens is 1. The lowest BCUT2D eigenvalue weighted by Crippen LogP contribution is -2.42. The van der Waals surface area contributed by atoms with Gasteiger partial charge in [0.05, 0.1) is 13.0 Å². The van der Waals surface area contributed by atoms with Gasteiger partial charge in [-0.05, 0) is 37.0 Å². The highest BCUT2D eigenvalue weighted by Crippen LogP contribution is 2.49. The number of benzene rings is 1. The molecule has 1 aliphatic carbocycles. The number of likely N-dealkylation sites (tertiary alicyclic amines) is 1. The first-order valence-electron chi connectivity index (χ1n) is 9.33. The Labute approximate surface area is 153 Å². The molecular weight excluding hydrogens is 335 g/mol. The summed E-state index contributed by atoms with van der Waals surface area (Å²) in [4.78, 5) is 27.1. The van der Waals surface area contributed by atoms with Crippen molar-refractivity contribution in [2.75, 3.05) is 33.4 Å². The largest absolute Gasteiger partial charge is 0.383 e. The molecule has 5 nitrogen and oxygen atoms in total. The average Bonchev–Trinajstić information content (AvgIpc) is 3.23. The molecule has 1 N–H and O–H groups in total. The van der Waals surface area contributed by atoms with Crippen LogP contribution in [0.15, 0.2) is 24.3 Å². The molecule has 1 aromatic rings. The van der Waals surface area contributed by atoms with Crippen LogP contribution in [0, 0.1) is 17.2 Å². The SMILES string of the molecule is COCCNC(=O)[C@H]1CCC[C@@]12CCN(C(=O)Cc1cccc(F)c1)C2. The van der Waals surface area contributed by atoms with Crippen LogP contribution >= 0.6 is 0 Å². The standard InChI is InChI=1S/C20H27FN2O3/c1-26-11-9-22-19(25)17-6-3-7-20(17)8-10-23(14-20)18(24)13-15-4-2-5-16(21)12-15/h2,4-5,12,17H,3,6-11,13-14H2,1H3,(H,22,25)/t17-,20+/m1/s1. The second kappa shape index (κ2) is 8.16. The first kappa shape index (κ1) is 18.8. The van der Waals surface area contributed by atoms with E-state index >= 15 is 0 Å². The number of nitrogens with zero attached hydrogens (tertiary/aromatic N) is 1. The maximum absolute atomic E-state index is 13.3. The van der Waals surface area contributed by atoms with Crippen molar-refractivity contribution in [1.82, 2.24) is 10.2 Å². The van der Waals surface area contributed by atoms with Gasteiger partial charge < -0.3 is 15.0 Å². The van der Waals surface area contributed by atoms with Gasteiger partial charge in [-0.2, -0.15) is 0 Å². The molecule has 0 radical (unpaired) electrons. The van der Waals surface area contributed by atoms with E-state index in [0.29, 0.717) is 31.8 Å². The quantitative estimate of drug-likeness (QED) is 0.789. The highest BCUT2D eigenvalue weighted by Gasteiger charge is 2.51. The second-order valence-electron chi connectivity index (χ2n) is 7.46. The highest BCUT2D eigenvalue weighted by atomic mass is 19.1. The zero-order valence-electron chi connectivity index (χ0n) is 15.3. The number of methoxy groups -OCH3 is 1. The summed E-state index contributed by atoms with van der Waals surface area (Å²) < 4.78 is 18.3. The van der Waals surface area contributed by atoms with Gasteiger partial charge in [-0.15, -0.1) is 0 Å². The fraction of sp³-hybridized carbons (Fsp3) is 0.600. The zero-order valence-corrected chi connectivity index (χ0v) is 15.3. The van der Waals surface area contributed by atoms with E-state index in [-0.39, 0.29) is 35.4 Å². The summed E-state index contributed by atoms with van der Waals surface area (Å²) in [6.07, 6.45) is 3.96. The van der Waals surface area contributed by atoms with Crippen molar-refractivity contribution in [3.63, 3.8) is 0 Å². The van der Waals surface area contributed by atoms with Gasteiger partial charge in [0.25, 0.3) is 0 Å². The highest BCUT2D eigenvalue weighted by molar-refractivity contribution is 5.81. The molecule has 2 aliphatic rings. The molecule has 2 fully saturated rings. The third kappa shape index (κ3) is 4.06. The smallest absolute Gasteiger partial charge is 0.227 e. The van der Waals surface area contributed by atoms with E-state index < -0.39 is 0 Å². The maximum Gasteiger partial charge on any atom is 0.227 e. The van der Waals surface area contributed by atoms with Crippen LogP contribution in [-0.2, 0) is 20.7 Å². The first-order chi connectivity index (χ1) is 12.5. The fourth-order valence-electron chi connectivity index (χ4n) is 4.48. The summed E-state index contributed by atoms with van der Waals surface area (Å²) in [7, 11) is 1.61. The van der Waals surface area contributed by atoms with Gasteiger partial charge in [0.2, 0.25) is 11.8 Å². The number of carbonyl (C=O) groups is 2. The van der Waals surface area contributed by atoms with Crippen molar-refractivity contribution in [3.05, 3.63) is 35.6 Å². The van der Waals surface area contributed by atoms with E-state index in [1.165, 1.54) is 12.1 Å². The van der Waals surface area contributed by atoms with Crippen LogP contribution in [0.4, 0.5) is 4.39 Å². The van der Waals surface area contributed by atoms with Crippen LogP contribution in [0.2, 0.25) is 0 Å². The van der Waals surface area contributed by atoms with Gasteiger partial charge in [-0.1, -0.05) is 18.6 Å². The topological polar surface area (TPSA) is 58.6 Å². The van der Waals surface area contributed by atoms with Gasteiger partial charge in [-0.3, -0.25) is 9.59 Å². The van der Waals surface area contributed by atoms with Crippen molar-refractivity contribution >= 4 is 11.8 Å². The Morgan fingerprint density at radius 2 is 2.23 bits per heavy atom. The maximum atomic E-state index is 13.3. The molecule has 142 valence electrons. The molecule has 1 aromatic carbocycles. The number of rotatable bonds is 6. The monoisotopic (exact) mass is 362 g/mol. The molecule has 6 heteroatoms. The molecule has 3 rings (SSSR count). The molecule has 2 atom stereocenters. The normalized spacial score (nSPS) is 25.0.